The maximum atomic E-state index is 4.51. The highest BCUT2D eigenvalue weighted by atomic mass is 14.7. The molecule has 5 rings (SSSR count). The van der Waals surface area contributed by atoms with Crippen molar-refractivity contribution in [1.82, 2.24) is 0 Å². The highest BCUT2D eigenvalue weighted by Crippen LogP contribution is 2.77. The molecule has 0 aromatic heterocycles. The van der Waals surface area contributed by atoms with Crippen LogP contribution in [0.1, 0.15) is 120 Å². The fraction of sp³-hybridized carbons (Fsp3) is 0.935. The first kappa shape index (κ1) is 22.5. The average molecular weight is 425 g/mol. The minimum atomic E-state index is 0.508. The summed E-state index contributed by atoms with van der Waals surface area (Å²) in [4.78, 5) is 0. The van der Waals surface area contributed by atoms with E-state index in [1.165, 1.54) is 69.8 Å². The molecule has 0 N–H and O–H groups in total. The second kappa shape index (κ2) is 6.66. The molecule has 176 valence electrons. The van der Waals surface area contributed by atoms with E-state index >= 15 is 0 Å². The molecule has 0 bridgehead atoms. The molecule has 0 aromatic rings. The van der Waals surface area contributed by atoms with E-state index in [4.69, 9.17) is 0 Å². The number of fused-ring (bicyclic) bond motifs is 7. The molecule has 10 atom stereocenters. The van der Waals surface area contributed by atoms with Crippen LogP contribution in [0.25, 0.3) is 0 Å². The number of allylic oxidation sites excluding steroid dienone is 1. The lowest BCUT2D eigenvalue weighted by Crippen LogP contribution is -2.65. The third-order valence-electron chi connectivity index (χ3n) is 14.0. The Morgan fingerprint density at radius 1 is 0.710 bits per heavy atom. The molecule has 5 aliphatic rings. The van der Waals surface area contributed by atoms with Gasteiger partial charge in [-0.1, -0.05) is 60.6 Å². The highest BCUT2D eigenvalue weighted by molar-refractivity contribution is 5.20. The van der Waals surface area contributed by atoms with Crippen molar-refractivity contribution in [3.8, 4) is 0 Å². The van der Waals surface area contributed by atoms with Gasteiger partial charge in [0.1, 0.15) is 0 Å². The van der Waals surface area contributed by atoms with E-state index in [2.05, 4.69) is 62.0 Å². The molecule has 0 spiro atoms. The third kappa shape index (κ3) is 2.66. The third-order valence-corrected chi connectivity index (χ3v) is 14.0. The van der Waals surface area contributed by atoms with E-state index in [0.717, 1.165) is 35.5 Å². The molecule has 5 aliphatic carbocycles. The molecule has 0 heteroatoms. The summed E-state index contributed by atoms with van der Waals surface area (Å²) in [7, 11) is 0. The van der Waals surface area contributed by atoms with Gasteiger partial charge in [0.15, 0.2) is 0 Å². The molecule has 0 amide bonds. The molecule has 0 aromatic carbocycles. The predicted octanol–water partition coefficient (Wildman–Crippen LogP) is 9.30. The van der Waals surface area contributed by atoms with Gasteiger partial charge >= 0.3 is 0 Å². The Bertz CT molecular complexity index is 760. The molecule has 5 fully saturated rings. The van der Waals surface area contributed by atoms with Crippen molar-refractivity contribution >= 4 is 0 Å². The van der Waals surface area contributed by atoms with Gasteiger partial charge in [0.2, 0.25) is 0 Å². The Labute approximate surface area is 194 Å². The van der Waals surface area contributed by atoms with E-state index in [0.29, 0.717) is 27.1 Å². The van der Waals surface area contributed by atoms with Gasteiger partial charge in [0.05, 0.1) is 0 Å². The van der Waals surface area contributed by atoms with E-state index in [-0.39, 0.29) is 0 Å². The van der Waals surface area contributed by atoms with Gasteiger partial charge in [-0.25, -0.2) is 0 Å². The van der Waals surface area contributed by atoms with Crippen molar-refractivity contribution in [3.05, 3.63) is 12.2 Å². The molecule has 5 saturated carbocycles. The van der Waals surface area contributed by atoms with Crippen molar-refractivity contribution in [3.63, 3.8) is 0 Å². The first-order valence-electron chi connectivity index (χ1n) is 14.0. The minimum absolute atomic E-state index is 0.508. The minimum Gasteiger partial charge on any atom is -0.0998 e. The SMILES string of the molecule is C=C(C)C1CC[C@]2(C)CC[C@]3(C)C(CCC4[C@@]5(C)CC[C@@H](C)C(C)(C)C5CC[C@]43C)C12. The van der Waals surface area contributed by atoms with E-state index in [1.807, 2.05) is 0 Å². The summed E-state index contributed by atoms with van der Waals surface area (Å²) < 4.78 is 0. The Balaban J connectivity index is 1.54. The second-order valence-corrected chi connectivity index (χ2v) is 15.1. The molecular weight excluding hydrogens is 372 g/mol. The summed E-state index contributed by atoms with van der Waals surface area (Å²) >= 11 is 0. The monoisotopic (exact) mass is 424 g/mol. The van der Waals surface area contributed by atoms with Crippen molar-refractivity contribution in [2.45, 2.75) is 120 Å². The summed E-state index contributed by atoms with van der Waals surface area (Å²) in [6, 6.07) is 0. The van der Waals surface area contributed by atoms with Crippen LogP contribution in [0.3, 0.4) is 0 Å². The summed E-state index contributed by atoms with van der Waals surface area (Å²) in [5.74, 6) is 5.34. The quantitative estimate of drug-likeness (QED) is 0.368. The maximum Gasteiger partial charge on any atom is -0.0172 e. The van der Waals surface area contributed by atoms with Crippen LogP contribution in [-0.4, -0.2) is 0 Å². The zero-order valence-corrected chi connectivity index (χ0v) is 22.2. The summed E-state index contributed by atoms with van der Waals surface area (Å²) in [6.45, 7) is 25.6. The lowest BCUT2D eigenvalue weighted by atomic mass is 9.32. The zero-order chi connectivity index (χ0) is 22.6. The van der Waals surface area contributed by atoms with Crippen molar-refractivity contribution in [1.29, 1.82) is 0 Å². The molecule has 0 saturated heterocycles. The summed E-state index contributed by atoms with van der Waals surface area (Å²) in [5.41, 5.74) is 4.19. The van der Waals surface area contributed by atoms with Gasteiger partial charge in [-0.05, 0) is 134 Å². The fourth-order valence-corrected chi connectivity index (χ4v) is 11.7. The Morgan fingerprint density at radius 2 is 1.42 bits per heavy atom. The Hall–Kier alpha value is -0.260. The normalized spacial score (nSPS) is 57.9. The van der Waals surface area contributed by atoms with Gasteiger partial charge in [0.25, 0.3) is 0 Å². The van der Waals surface area contributed by atoms with Gasteiger partial charge in [-0.3, -0.25) is 0 Å². The number of rotatable bonds is 1. The Morgan fingerprint density at radius 3 is 2.10 bits per heavy atom. The van der Waals surface area contributed by atoms with Gasteiger partial charge in [-0.15, -0.1) is 0 Å². The predicted molar refractivity (Wildman–Crippen MR) is 134 cm³/mol. The standard InChI is InChI=1S/C31H52/c1-20(2)22-13-15-28(6)18-19-30(8)23(26(22)28)10-11-25-29(7)16-12-21(3)27(4,5)24(29)14-17-31(25,30)9/h21-26H,1,10-19H2,2-9H3/t21-,22?,23?,24?,25?,26?,28-,29+,30-,31-/m1/s1. The molecule has 0 nitrogen and oxygen atoms in total. The smallest absolute Gasteiger partial charge is 0.0172 e. The largest absolute Gasteiger partial charge is 0.0998 e. The van der Waals surface area contributed by atoms with Crippen LogP contribution in [0.5, 0.6) is 0 Å². The van der Waals surface area contributed by atoms with E-state index in [9.17, 15) is 0 Å². The average Bonchev–Trinajstić information content (AvgIpc) is 3.04. The molecule has 0 radical (unpaired) electrons. The molecule has 31 heavy (non-hydrogen) atoms. The van der Waals surface area contributed by atoms with Crippen LogP contribution in [0, 0.1) is 62.6 Å². The van der Waals surface area contributed by atoms with Crippen LogP contribution in [0.4, 0.5) is 0 Å². The van der Waals surface area contributed by atoms with Crippen LogP contribution >= 0.6 is 0 Å². The maximum absolute atomic E-state index is 4.51. The van der Waals surface area contributed by atoms with Gasteiger partial charge < -0.3 is 0 Å². The van der Waals surface area contributed by atoms with Crippen LogP contribution in [-0.2, 0) is 0 Å². The molecular formula is C31H52. The molecule has 0 aliphatic heterocycles. The number of hydrogen-bond donors (Lipinski definition) is 0. The molecule has 5 unspecified atom stereocenters. The first-order chi connectivity index (χ1) is 14.3. The molecule has 0 heterocycles. The number of hydrogen-bond acceptors (Lipinski definition) is 0. The van der Waals surface area contributed by atoms with Gasteiger partial charge in [-0.2, -0.15) is 0 Å². The summed E-state index contributed by atoms with van der Waals surface area (Å²) in [5, 5.41) is 0. The first-order valence-corrected chi connectivity index (χ1v) is 14.0. The highest BCUT2D eigenvalue weighted by Gasteiger charge is 2.69. The lowest BCUT2D eigenvalue weighted by Gasteiger charge is -2.73. The van der Waals surface area contributed by atoms with Crippen molar-refractivity contribution in [2.75, 3.05) is 0 Å². The van der Waals surface area contributed by atoms with Crippen molar-refractivity contribution in [2.24, 2.45) is 62.6 Å². The second-order valence-electron chi connectivity index (χ2n) is 15.1. The van der Waals surface area contributed by atoms with Crippen molar-refractivity contribution < 1.29 is 0 Å². The van der Waals surface area contributed by atoms with Crippen LogP contribution in [0.15, 0.2) is 12.2 Å². The Kier molecular flexibility index (Phi) is 4.84. The van der Waals surface area contributed by atoms with Gasteiger partial charge in [0, 0.05) is 0 Å². The zero-order valence-electron chi connectivity index (χ0n) is 22.2. The van der Waals surface area contributed by atoms with E-state index < -0.39 is 0 Å². The van der Waals surface area contributed by atoms with Crippen LogP contribution < -0.4 is 0 Å². The lowest BCUT2D eigenvalue weighted by molar-refractivity contribution is -0.240. The van der Waals surface area contributed by atoms with E-state index in [1.54, 1.807) is 0 Å². The summed E-state index contributed by atoms with van der Waals surface area (Å²) in [6.07, 6.45) is 14.7. The van der Waals surface area contributed by atoms with Crippen LogP contribution in [0.2, 0.25) is 0 Å². The topological polar surface area (TPSA) is 0 Å². The fourth-order valence-electron chi connectivity index (χ4n) is 11.7.